The lowest BCUT2D eigenvalue weighted by Gasteiger charge is -2.17. The largest absolute Gasteiger partial charge is 0.461 e. The van der Waals surface area contributed by atoms with Crippen LogP contribution in [-0.2, 0) is 22.7 Å². The summed E-state index contributed by atoms with van der Waals surface area (Å²) in [7, 11) is 1.61. The molecular formula is C19H20FN5O3S. The first-order valence-corrected chi connectivity index (χ1v) is 9.80. The Morgan fingerprint density at radius 1 is 1.24 bits per heavy atom. The highest BCUT2D eigenvalue weighted by Gasteiger charge is 2.19. The molecule has 3 aromatic rings. The van der Waals surface area contributed by atoms with E-state index in [0.29, 0.717) is 22.3 Å². The molecule has 0 atom stereocenters. The van der Waals surface area contributed by atoms with Gasteiger partial charge in [0.2, 0.25) is 11.8 Å². The fourth-order valence-electron chi connectivity index (χ4n) is 2.61. The molecule has 0 bridgehead atoms. The third-order valence-electron chi connectivity index (χ3n) is 4.16. The molecule has 0 aliphatic heterocycles. The van der Waals surface area contributed by atoms with Gasteiger partial charge in [-0.3, -0.25) is 14.2 Å². The lowest BCUT2D eigenvalue weighted by atomic mass is 10.2. The van der Waals surface area contributed by atoms with E-state index in [-0.39, 0.29) is 37.0 Å². The van der Waals surface area contributed by atoms with Crippen LogP contribution < -0.4 is 5.73 Å². The topological polar surface area (TPSA) is 107 Å². The molecule has 10 heteroatoms. The molecule has 0 spiro atoms. The number of benzene rings is 1. The molecule has 8 nitrogen and oxygen atoms in total. The summed E-state index contributed by atoms with van der Waals surface area (Å²) in [4.78, 5) is 25.1. The van der Waals surface area contributed by atoms with Gasteiger partial charge in [-0.25, -0.2) is 4.39 Å². The van der Waals surface area contributed by atoms with Crippen LogP contribution in [0.3, 0.4) is 0 Å². The van der Waals surface area contributed by atoms with Crippen LogP contribution in [0.4, 0.5) is 4.39 Å². The first kappa shape index (κ1) is 20.6. The van der Waals surface area contributed by atoms with Crippen LogP contribution in [0.15, 0.2) is 52.2 Å². The van der Waals surface area contributed by atoms with E-state index in [9.17, 15) is 14.0 Å². The van der Waals surface area contributed by atoms with E-state index >= 15 is 0 Å². The van der Waals surface area contributed by atoms with Crippen molar-refractivity contribution >= 4 is 23.6 Å². The number of thioether (sulfide) groups is 1. The van der Waals surface area contributed by atoms with Crippen molar-refractivity contribution in [2.24, 2.45) is 5.73 Å². The van der Waals surface area contributed by atoms with Gasteiger partial charge in [0.15, 0.2) is 16.7 Å². The molecule has 0 radical (unpaired) electrons. The second-order valence-corrected chi connectivity index (χ2v) is 7.22. The Morgan fingerprint density at radius 2 is 2.03 bits per heavy atom. The van der Waals surface area contributed by atoms with Crippen LogP contribution in [0.1, 0.15) is 12.0 Å². The second-order valence-electron chi connectivity index (χ2n) is 6.28. The molecule has 0 aliphatic carbocycles. The number of hydrogen-bond donors (Lipinski definition) is 1. The number of rotatable bonds is 9. The quantitative estimate of drug-likeness (QED) is 0.536. The highest BCUT2D eigenvalue weighted by atomic mass is 32.2. The van der Waals surface area contributed by atoms with Crippen molar-refractivity contribution in [1.29, 1.82) is 0 Å². The van der Waals surface area contributed by atoms with Crippen LogP contribution in [0.25, 0.3) is 11.6 Å². The molecule has 1 aromatic carbocycles. The average Bonchev–Trinajstić information content (AvgIpc) is 3.35. The van der Waals surface area contributed by atoms with Gasteiger partial charge in [0.1, 0.15) is 5.82 Å². The number of carbonyl (C=O) groups is 2. The number of aromatic nitrogens is 3. The van der Waals surface area contributed by atoms with E-state index in [1.54, 1.807) is 41.9 Å². The van der Waals surface area contributed by atoms with Crippen molar-refractivity contribution < 1.29 is 18.4 Å². The van der Waals surface area contributed by atoms with Crippen molar-refractivity contribution in [3.63, 3.8) is 0 Å². The maximum Gasteiger partial charge on any atom is 0.233 e. The standard InChI is InChI=1S/C19H20FN5O3S/c1-24(11-13-5-2-3-6-14(13)20)17(27)12-29-19-23-22-18(15-7-4-10-28-15)25(19)9-8-16(21)26/h2-7,10H,8-9,11-12H2,1H3,(H2,21,26). The van der Waals surface area contributed by atoms with Crippen molar-refractivity contribution in [3.8, 4) is 11.6 Å². The number of carbonyl (C=O) groups excluding carboxylic acids is 2. The predicted octanol–water partition coefficient (Wildman–Crippen LogP) is 2.30. The van der Waals surface area contributed by atoms with Crippen molar-refractivity contribution in [2.75, 3.05) is 12.8 Å². The normalized spacial score (nSPS) is 10.8. The minimum Gasteiger partial charge on any atom is -0.461 e. The van der Waals surface area contributed by atoms with Gasteiger partial charge in [-0.05, 0) is 18.2 Å². The number of halogens is 1. The van der Waals surface area contributed by atoms with Crippen molar-refractivity contribution in [3.05, 3.63) is 54.0 Å². The molecule has 0 fully saturated rings. The summed E-state index contributed by atoms with van der Waals surface area (Å²) in [5, 5.41) is 8.69. The molecule has 2 heterocycles. The SMILES string of the molecule is CN(Cc1ccccc1F)C(=O)CSc1nnc(-c2ccco2)n1CCC(N)=O. The van der Waals surface area contributed by atoms with Gasteiger partial charge in [-0.1, -0.05) is 30.0 Å². The van der Waals surface area contributed by atoms with E-state index in [0.717, 1.165) is 0 Å². The summed E-state index contributed by atoms with van der Waals surface area (Å²) in [6.07, 6.45) is 1.61. The van der Waals surface area contributed by atoms with E-state index in [4.69, 9.17) is 10.2 Å². The number of primary amides is 1. The van der Waals surface area contributed by atoms with Gasteiger partial charge in [-0.2, -0.15) is 0 Å². The lowest BCUT2D eigenvalue weighted by Crippen LogP contribution is -2.28. The van der Waals surface area contributed by atoms with Crippen LogP contribution in [0.2, 0.25) is 0 Å². The molecule has 3 rings (SSSR count). The zero-order valence-electron chi connectivity index (χ0n) is 15.7. The molecule has 0 aliphatic rings. The zero-order valence-corrected chi connectivity index (χ0v) is 16.6. The van der Waals surface area contributed by atoms with Gasteiger partial charge in [0, 0.05) is 32.1 Å². The number of nitrogens with two attached hydrogens (primary N) is 1. The van der Waals surface area contributed by atoms with Gasteiger partial charge < -0.3 is 15.1 Å². The van der Waals surface area contributed by atoms with Gasteiger partial charge in [0.05, 0.1) is 12.0 Å². The molecule has 2 N–H and O–H groups in total. The maximum absolute atomic E-state index is 13.8. The van der Waals surface area contributed by atoms with E-state index in [2.05, 4.69) is 10.2 Å². The lowest BCUT2D eigenvalue weighted by molar-refractivity contribution is -0.127. The van der Waals surface area contributed by atoms with E-state index < -0.39 is 5.91 Å². The highest BCUT2D eigenvalue weighted by molar-refractivity contribution is 7.99. The Kier molecular flexibility index (Phi) is 6.65. The fraction of sp³-hybridized carbons (Fsp3) is 0.263. The monoisotopic (exact) mass is 417 g/mol. The summed E-state index contributed by atoms with van der Waals surface area (Å²) in [5.74, 6) is 0.0254. The molecule has 0 saturated heterocycles. The minimum atomic E-state index is -0.458. The summed E-state index contributed by atoms with van der Waals surface area (Å²) in [5.41, 5.74) is 5.70. The van der Waals surface area contributed by atoms with Gasteiger partial charge in [-0.15, -0.1) is 10.2 Å². The summed E-state index contributed by atoms with van der Waals surface area (Å²) in [6.45, 7) is 0.429. The zero-order chi connectivity index (χ0) is 20.8. The van der Waals surface area contributed by atoms with Crippen LogP contribution in [0, 0.1) is 5.82 Å². The number of furan rings is 1. The number of hydrogen-bond acceptors (Lipinski definition) is 6. The third kappa shape index (κ3) is 5.23. The van der Waals surface area contributed by atoms with E-state index in [1.165, 1.54) is 29.0 Å². The maximum atomic E-state index is 13.8. The van der Waals surface area contributed by atoms with Crippen LogP contribution in [-0.4, -0.2) is 44.3 Å². The number of nitrogens with zero attached hydrogens (tertiary/aromatic N) is 4. The Morgan fingerprint density at radius 3 is 2.72 bits per heavy atom. The predicted molar refractivity (Wildman–Crippen MR) is 105 cm³/mol. The minimum absolute atomic E-state index is 0.0812. The molecular weight excluding hydrogens is 397 g/mol. The Balaban J connectivity index is 1.68. The van der Waals surface area contributed by atoms with Crippen molar-refractivity contribution in [2.45, 2.75) is 24.7 Å². The smallest absolute Gasteiger partial charge is 0.233 e. The van der Waals surface area contributed by atoms with Crippen LogP contribution >= 0.6 is 11.8 Å². The third-order valence-corrected chi connectivity index (χ3v) is 5.11. The molecule has 0 unspecified atom stereocenters. The Bertz CT molecular complexity index is 990. The molecule has 2 aromatic heterocycles. The first-order chi connectivity index (χ1) is 14.0. The van der Waals surface area contributed by atoms with E-state index in [1.807, 2.05) is 0 Å². The van der Waals surface area contributed by atoms with Crippen LogP contribution in [0.5, 0.6) is 0 Å². The fourth-order valence-corrected chi connectivity index (χ4v) is 3.52. The van der Waals surface area contributed by atoms with Gasteiger partial charge >= 0.3 is 0 Å². The summed E-state index contributed by atoms with van der Waals surface area (Å²) >= 11 is 1.18. The highest BCUT2D eigenvalue weighted by Crippen LogP contribution is 2.25. The average molecular weight is 417 g/mol. The van der Waals surface area contributed by atoms with Gasteiger partial charge in [0.25, 0.3) is 0 Å². The molecule has 0 saturated carbocycles. The Labute approximate surface area is 170 Å². The molecule has 2 amide bonds. The summed E-state index contributed by atoms with van der Waals surface area (Å²) in [6, 6.07) is 9.78. The van der Waals surface area contributed by atoms with Crippen molar-refractivity contribution in [1.82, 2.24) is 19.7 Å². The Hall–Kier alpha value is -3.14. The summed E-state index contributed by atoms with van der Waals surface area (Å²) < 4.78 is 20.8. The molecule has 152 valence electrons. The molecule has 29 heavy (non-hydrogen) atoms. The first-order valence-electron chi connectivity index (χ1n) is 8.81. The number of amides is 2. The second kappa shape index (κ2) is 9.37.